The lowest BCUT2D eigenvalue weighted by atomic mass is 10.5. The summed E-state index contributed by atoms with van der Waals surface area (Å²) < 4.78 is 15.1. The summed E-state index contributed by atoms with van der Waals surface area (Å²) in [6, 6.07) is 0. The molecule has 9 heavy (non-hydrogen) atoms. The van der Waals surface area contributed by atoms with E-state index in [0.717, 1.165) is 6.42 Å². The number of rotatable bonds is 1. The zero-order chi connectivity index (χ0) is 6.74. The summed E-state index contributed by atoms with van der Waals surface area (Å²) in [5, 5.41) is 0. The summed E-state index contributed by atoms with van der Waals surface area (Å²) in [5.74, 6) is 0. The van der Waals surface area contributed by atoms with Gasteiger partial charge in [0.1, 0.15) is 0 Å². The fourth-order valence-corrected chi connectivity index (χ4v) is 1.99. The maximum absolute atomic E-state index is 5.10. The van der Waals surface area contributed by atoms with Gasteiger partial charge in [0.2, 0.25) is 0 Å². The van der Waals surface area contributed by atoms with Gasteiger partial charge >= 0.3 is 6.72 Å². The van der Waals surface area contributed by atoms with Crippen molar-refractivity contribution in [3.63, 3.8) is 0 Å². The molecule has 0 saturated carbocycles. The molecule has 1 aliphatic heterocycles. The number of hydrogen-bond acceptors (Lipinski definition) is 4. The van der Waals surface area contributed by atoms with Crippen molar-refractivity contribution in [3.05, 3.63) is 0 Å². The molecule has 1 fully saturated rings. The Hall–Kier alpha value is 0.530. The average molecular weight is 168 g/mol. The van der Waals surface area contributed by atoms with Crippen molar-refractivity contribution in [3.8, 4) is 0 Å². The normalized spacial score (nSPS) is 25.9. The Labute approximate surface area is 59.5 Å². The summed E-state index contributed by atoms with van der Waals surface area (Å²) in [6.45, 7) is -0.918. The maximum atomic E-state index is 5.10. The van der Waals surface area contributed by atoms with E-state index in [-0.39, 0.29) is 0 Å². The zero-order valence-corrected chi connectivity index (χ0v) is 6.91. The minimum absolute atomic E-state index is 0.672. The molecule has 0 amide bonds. The summed E-state index contributed by atoms with van der Waals surface area (Å²) in [6.07, 6.45) is 0.918. The molecule has 0 aromatic rings. The van der Waals surface area contributed by atoms with Crippen molar-refractivity contribution < 1.29 is 13.6 Å². The van der Waals surface area contributed by atoms with Gasteiger partial charge in [-0.15, -0.1) is 0 Å². The summed E-state index contributed by atoms with van der Waals surface area (Å²) in [4.78, 5) is 0. The van der Waals surface area contributed by atoms with Crippen LogP contribution >= 0.6 is 6.72 Å². The molecule has 0 N–H and O–H groups in total. The van der Waals surface area contributed by atoms with E-state index in [1.54, 1.807) is 0 Å². The van der Waals surface area contributed by atoms with Gasteiger partial charge in [0.25, 0.3) is 0 Å². The fraction of sp³-hybridized carbons (Fsp3) is 1.00. The first-order valence-electron chi connectivity index (χ1n) is 2.72. The van der Waals surface area contributed by atoms with Gasteiger partial charge in [-0.25, -0.2) is 0 Å². The van der Waals surface area contributed by atoms with Crippen LogP contribution in [0.2, 0.25) is 0 Å². The van der Waals surface area contributed by atoms with Gasteiger partial charge in [-0.05, 0) is 18.2 Å². The summed E-state index contributed by atoms with van der Waals surface area (Å²) in [7, 11) is 1.52. The standard InChI is InChI=1S/C4H9O3PS/c1-5-8(9)6-3-2-4-7-8/h2-4H2,1H3. The maximum Gasteiger partial charge on any atom is 0.326 e. The first-order valence-corrected chi connectivity index (χ1v) is 5.27. The topological polar surface area (TPSA) is 27.7 Å². The second-order valence-corrected chi connectivity index (χ2v) is 4.77. The van der Waals surface area contributed by atoms with Gasteiger partial charge in [0.05, 0.1) is 13.2 Å². The molecule has 0 spiro atoms. The molecule has 54 valence electrons. The lowest BCUT2D eigenvalue weighted by molar-refractivity contribution is 0.126. The molecule has 1 heterocycles. The Morgan fingerprint density at radius 3 is 2.33 bits per heavy atom. The predicted octanol–water partition coefficient (Wildman–Crippen LogP) is 1.29. The fourth-order valence-electron chi connectivity index (χ4n) is 0.554. The molecule has 0 unspecified atom stereocenters. The van der Waals surface area contributed by atoms with E-state index in [9.17, 15) is 0 Å². The molecule has 1 saturated heterocycles. The van der Waals surface area contributed by atoms with Crippen LogP contribution in [0.15, 0.2) is 0 Å². The van der Waals surface area contributed by atoms with Gasteiger partial charge in [-0.2, -0.15) is 0 Å². The van der Waals surface area contributed by atoms with Crippen LogP contribution in [0.3, 0.4) is 0 Å². The quantitative estimate of drug-likeness (QED) is 0.551. The molecule has 1 rings (SSSR count). The van der Waals surface area contributed by atoms with Gasteiger partial charge in [0.15, 0.2) is 0 Å². The van der Waals surface area contributed by atoms with Gasteiger partial charge in [-0.3, -0.25) is 0 Å². The van der Waals surface area contributed by atoms with Crippen LogP contribution in [-0.4, -0.2) is 20.3 Å². The van der Waals surface area contributed by atoms with E-state index < -0.39 is 6.72 Å². The first-order chi connectivity index (χ1) is 4.27. The minimum Gasteiger partial charge on any atom is -0.312 e. The van der Waals surface area contributed by atoms with E-state index in [0.29, 0.717) is 13.2 Å². The first kappa shape index (κ1) is 7.63. The molecule has 1 aliphatic rings. The SMILES string of the molecule is COP1(=S)OCCCO1. The van der Waals surface area contributed by atoms with E-state index in [4.69, 9.17) is 25.4 Å². The highest BCUT2D eigenvalue weighted by atomic mass is 32.5. The second-order valence-electron chi connectivity index (χ2n) is 1.65. The molecule has 0 aromatic carbocycles. The number of hydrogen-bond donors (Lipinski definition) is 0. The molecule has 0 bridgehead atoms. The summed E-state index contributed by atoms with van der Waals surface area (Å²) >= 11 is 4.90. The Morgan fingerprint density at radius 2 is 2.00 bits per heavy atom. The van der Waals surface area contributed by atoms with Crippen LogP contribution in [0.1, 0.15) is 6.42 Å². The van der Waals surface area contributed by atoms with E-state index in [1.807, 2.05) is 0 Å². The van der Waals surface area contributed by atoms with Gasteiger partial charge in [0, 0.05) is 7.11 Å². The highest BCUT2D eigenvalue weighted by Crippen LogP contribution is 2.50. The van der Waals surface area contributed by atoms with Crippen molar-refractivity contribution in [1.29, 1.82) is 0 Å². The van der Waals surface area contributed by atoms with Crippen LogP contribution in [0.5, 0.6) is 0 Å². The lowest BCUT2D eigenvalue weighted by Gasteiger charge is -2.23. The molecular weight excluding hydrogens is 159 g/mol. The Morgan fingerprint density at radius 1 is 1.44 bits per heavy atom. The van der Waals surface area contributed by atoms with E-state index in [2.05, 4.69) is 0 Å². The van der Waals surface area contributed by atoms with Gasteiger partial charge in [-0.1, -0.05) is 0 Å². The highest BCUT2D eigenvalue weighted by Gasteiger charge is 2.21. The highest BCUT2D eigenvalue weighted by molar-refractivity contribution is 8.07. The smallest absolute Gasteiger partial charge is 0.312 e. The predicted molar refractivity (Wildman–Crippen MR) is 37.8 cm³/mol. The Balaban J connectivity index is 2.47. The van der Waals surface area contributed by atoms with Crippen LogP contribution in [-0.2, 0) is 25.4 Å². The third-order valence-electron chi connectivity index (χ3n) is 1.01. The molecule has 0 atom stereocenters. The van der Waals surface area contributed by atoms with Crippen LogP contribution in [0.4, 0.5) is 0 Å². The molecule has 3 nitrogen and oxygen atoms in total. The molecule has 0 radical (unpaired) electrons. The van der Waals surface area contributed by atoms with Crippen molar-refractivity contribution in [1.82, 2.24) is 0 Å². The zero-order valence-electron chi connectivity index (χ0n) is 5.20. The van der Waals surface area contributed by atoms with Crippen LogP contribution < -0.4 is 0 Å². The van der Waals surface area contributed by atoms with Crippen molar-refractivity contribution in [2.45, 2.75) is 6.42 Å². The molecule has 5 heteroatoms. The van der Waals surface area contributed by atoms with Crippen LogP contribution in [0, 0.1) is 0 Å². The third kappa shape index (κ3) is 1.99. The Kier molecular flexibility index (Phi) is 2.61. The molecule has 0 aromatic heterocycles. The van der Waals surface area contributed by atoms with Crippen molar-refractivity contribution in [2.75, 3.05) is 20.3 Å². The monoisotopic (exact) mass is 168 g/mol. The van der Waals surface area contributed by atoms with E-state index >= 15 is 0 Å². The van der Waals surface area contributed by atoms with Crippen molar-refractivity contribution in [2.24, 2.45) is 0 Å². The second kappa shape index (κ2) is 3.08. The average Bonchev–Trinajstić information content (AvgIpc) is 1.90. The molecule has 0 aliphatic carbocycles. The van der Waals surface area contributed by atoms with E-state index in [1.165, 1.54) is 7.11 Å². The van der Waals surface area contributed by atoms with Gasteiger partial charge < -0.3 is 13.6 Å². The minimum atomic E-state index is -2.26. The largest absolute Gasteiger partial charge is 0.326 e. The van der Waals surface area contributed by atoms with Crippen molar-refractivity contribution >= 4 is 18.5 Å². The molecular formula is C4H9O3PS. The van der Waals surface area contributed by atoms with Crippen LogP contribution in [0.25, 0.3) is 0 Å². The Bertz CT molecular complexity index is 128. The summed E-state index contributed by atoms with van der Waals surface area (Å²) in [5.41, 5.74) is 0. The third-order valence-corrected chi connectivity index (χ3v) is 3.54. The lowest BCUT2D eigenvalue weighted by Crippen LogP contribution is -2.08.